The molecule has 0 aliphatic carbocycles. The van der Waals surface area contributed by atoms with Gasteiger partial charge in [0.05, 0.1) is 6.54 Å². The molecule has 8 heteroatoms. The normalized spacial score (nSPS) is 10.5. The van der Waals surface area contributed by atoms with Crippen molar-refractivity contribution in [2.24, 2.45) is 0 Å². The molecule has 0 atom stereocenters. The van der Waals surface area contributed by atoms with Crippen LogP contribution in [-0.2, 0) is 13.0 Å². The van der Waals surface area contributed by atoms with Crippen molar-refractivity contribution >= 4 is 21.7 Å². The molecule has 2 aromatic heterocycles. The van der Waals surface area contributed by atoms with E-state index in [1.165, 1.54) is 0 Å². The SMILES string of the molecule is CCCc1nc(Br)cc(NCc2nn[nH]n2)n1. The van der Waals surface area contributed by atoms with Crippen LogP contribution in [0.4, 0.5) is 5.82 Å². The monoisotopic (exact) mass is 297 g/mol. The van der Waals surface area contributed by atoms with Crippen LogP contribution in [0.1, 0.15) is 25.0 Å². The summed E-state index contributed by atoms with van der Waals surface area (Å²) in [5.74, 6) is 2.16. The first-order valence-corrected chi connectivity index (χ1v) is 6.07. The van der Waals surface area contributed by atoms with Gasteiger partial charge in [0.25, 0.3) is 0 Å². The number of nitrogens with one attached hydrogen (secondary N) is 2. The Morgan fingerprint density at radius 2 is 2.24 bits per heavy atom. The van der Waals surface area contributed by atoms with Crippen molar-refractivity contribution < 1.29 is 0 Å². The maximum atomic E-state index is 4.38. The predicted molar refractivity (Wildman–Crippen MR) is 65.2 cm³/mol. The van der Waals surface area contributed by atoms with Gasteiger partial charge in [-0.15, -0.1) is 10.2 Å². The fourth-order valence-electron chi connectivity index (χ4n) is 1.32. The lowest BCUT2D eigenvalue weighted by Crippen LogP contribution is -2.06. The number of aromatic nitrogens is 6. The number of halogens is 1. The van der Waals surface area contributed by atoms with Crippen LogP contribution < -0.4 is 5.32 Å². The third-order valence-corrected chi connectivity index (χ3v) is 2.44. The standard InChI is InChI=1S/C9H12BrN7/c1-2-3-7-12-6(10)4-8(13-7)11-5-9-14-16-17-15-9/h4H,2-3,5H2,1H3,(H,11,12,13)(H,14,15,16,17). The minimum Gasteiger partial charge on any atom is -0.362 e. The molecule has 2 aromatic rings. The molecule has 0 saturated carbocycles. The zero-order valence-corrected chi connectivity index (χ0v) is 10.9. The van der Waals surface area contributed by atoms with Gasteiger partial charge < -0.3 is 5.32 Å². The molecule has 0 aliphatic rings. The van der Waals surface area contributed by atoms with E-state index in [-0.39, 0.29) is 0 Å². The van der Waals surface area contributed by atoms with Crippen LogP contribution in [0.25, 0.3) is 0 Å². The van der Waals surface area contributed by atoms with Crippen molar-refractivity contribution in [3.05, 3.63) is 22.3 Å². The van der Waals surface area contributed by atoms with Crippen LogP contribution in [0.15, 0.2) is 10.7 Å². The summed E-state index contributed by atoms with van der Waals surface area (Å²) in [4.78, 5) is 8.67. The number of aryl methyl sites for hydroxylation is 1. The van der Waals surface area contributed by atoms with E-state index < -0.39 is 0 Å². The number of hydrogen-bond acceptors (Lipinski definition) is 6. The lowest BCUT2D eigenvalue weighted by Gasteiger charge is -2.05. The molecule has 17 heavy (non-hydrogen) atoms. The molecule has 90 valence electrons. The van der Waals surface area contributed by atoms with Crippen molar-refractivity contribution in [2.45, 2.75) is 26.3 Å². The van der Waals surface area contributed by atoms with Gasteiger partial charge in [-0.25, -0.2) is 9.97 Å². The number of tetrazole rings is 1. The van der Waals surface area contributed by atoms with Crippen LogP contribution in [0.3, 0.4) is 0 Å². The average Bonchev–Trinajstić information content (AvgIpc) is 2.79. The van der Waals surface area contributed by atoms with Gasteiger partial charge >= 0.3 is 0 Å². The van der Waals surface area contributed by atoms with Gasteiger partial charge in [0.2, 0.25) is 0 Å². The summed E-state index contributed by atoms with van der Waals surface area (Å²) in [7, 11) is 0. The summed E-state index contributed by atoms with van der Waals surface area (Å²) in [6, 6.07) is 1.82. The zero-order valence-electron chi connectivity index (χ0n) is 9.31. The summed E-state index contributed by atoms with van der Waals surface area (Å²) in [5.41, 5.74) is 0. The molecule has 0 radical (unpaired) electrons. The number of anilines is 1. The second-order valence-corrected chi connectivity index (χ2v) is 4.24. The number of nitrogens with zero attached hydrogens (tertiary/aromatic N) is 5. The second kappa shape index (κ2) is 5.67. The maximum absolute atomic E-state index is 4.38. The highest BCUT2D eigenvalue weighted by molar-refractivity contribution is 9.10. The first-order chi connectivity index (χ1) is 8.28. The molecular weight excluding hydrogens is 286 g/mol. The molecule has 0 aliphatic heterocycles. The summed E-state index contributed by atoms with van der Waals surface area (Å²) in [6.45, 7) is 2.57. The van der Waals surface area contributed by atoms with Crippen molar-refractivity contribution in [3.63, 3.8) is 0 Å². The van der Waals surface area contributed by atoms with Crippen molar-refractivity contribution in [1.82, 2.24) is 30.6 Å². The van der Waals surface area contributed by atoms with Crippen LogP contribution in [0.2, 0.25) is 0 Å². The Bertz CT molecular complexity index is 470. The van der Waals surface area contributed by atoms with Crippen molar-refractivity contribution in [1.29, 1.82) is 0 Å². The van der Waals surface area contributed by atoms with E-state index in [4.69, 9.17) is 0 Å². The van der Waals surface area contributed by atoms with Gasteiger partial charge in [-0.1, -0.05) is 12.1 Å². The highest BCUT2D eigenvalue weighted by atomic mass is 79.9. The third kappa shape index (κ3) is 3.45. The summed E-state index contributed by atoms with van der Waals surface area (Å²) in [5, 5.41) is 16.7. The highest BCUT2D eigenvalue weighted by Gasteiger charge is 2.03. The number of aromatic amines is 1. The van der Waals surface area contributed by atoms with E-state index in [0.29, 0.717) is 12.4 Å². The van der Waals surface area contributed by atoms with Crippen molar-refractivity contribution in [2.75, 3.05) is 5.32 Å². The predicted octanol–water partition coefficient (Wildman–Crippen LogP) is 1.32. The Hall–Kier alpha value is -1.57. The molecule has 0 aromatic carbocycles. The Labute approximate surface area is 107 Å². The minimum atomic E-state index is 0.478. The Morgan fingerprint density at radius 1 is 1.35 bits per heavy atom. The molecule has 0 fully saturated rings. The molecule has 2 heterocycles. The highest BCUT2D eigenvalue weighted by Crippen LogP contribution is 2.13. The average molecular weight is 298 g/mol. The number of hydrogen-bond donors (Lipinski definition) is 2. The van der Waals surface area contributed by atoms with E-state index in [2.05, 4.69) is 58.8 Å². The molecule has 0 bridgehead atoms. The topological polar surface area (TPSA) is 92.3 Å². The summed E-state index contributed by atoms with van der Waals surface area (Å²) >= 11 is 3.36. The van der Waals surface area contributed by atoms with Gasteiger partial charge in [-0.2, -0.15) is 5.21 Å². The van der Waals surface area contributed by atoms with Crippen LogP contribution in [-0.4, -0.2) is 30.6 Å². The van der Waals surface area contributed by atoms with Crippen LogP contribution >= 0.6 is 15.9 Å². The minimum absolute atomic E-state index is 0.478. The van der Waals surface area contributed by atoms with Gasteiger partial charge in [0, 0.05) is 12.5 Å². The Kier molecular flexibility index (Phi) is 3.97. The third-order valence-electron chi connectivity index (χ3n) is 2.03. The largest absolute Gasteiger partial charge is 0.362 e. The molecule has 2 N–H and O–H groups in total. The number of rotatable bonds is 5. The number of H-pyrrole nitrogens is 1. The summed E-state index contributed by atoms with van der Waals surface area (Å²) in [6.07, 6.45) is 1.87. The van der Waals surface area contributed by atoms with Gasteiger partial charge in [-0.05, 0) is 22.4 Å². The first kappa shape index (κ1) is 11.9. The van der Waals surface area contributed by atoms with Crippen molar-refractivity contribution in [3.8, 4) is 0 Å². The fraction of sp³-hybridized carbons (Fsp3) is 0.444. The smallest absolute Gasteiger partial charge is 0.193 e. The van der Waals surface area contributed by atoms with Gasteiger partial charge in [-0.3, -0.25) is 0 Å². The lowest BCUT2D eigenvalue weighted by molar-refractivity contribution is 0.826. The van der Waals surface area contributed by atoms with E-state index >= 15 is 0 Å². The van der Waals surface area contributed by atoms with Crippen LogP contribution in [0.5, 0.6) is 0 Å². The fourth-order valence-corrected chi connectivity index (χ4v) is 1.74. The quantitative estimate of drug-likeness (QED) is 0.809. The molecule has 2 rings (SSSR count). The van der Waals surface area contributed by atoms with Gasteiger partial charge in [0.15, 0.2) is 5.82 Å². The Morgan fingerprint density at radius 3 is 2.94 bits per heavy atom. The van der Waals surface area contributed by atoms with E-state index in [0.717, 1.165) is 29.1 Å². The molecule has 0 unspecified atom stereocenters. The van der Waals surface area contributed by atoms with Gasteiger partial charge in [0.1, 0.15) is 16.2 Å². The summed E-state index contributed by atoms with van der Waals surface area (Å²) < 4.78 is 0.770. The molecule has 0 saturated heterocycles. The van der Waals surface area contributed by atoms with Crippen LogP contribution in [0, 0.1) is 0 Å². The molecule has 0 amide bonds. The lowest BCUT2D eigenvalue weighted by atomic mass is 10.3. The first-order valence-electron chi connectivity index (χ1n) is 5.27. The molecule has 7 nitrogen and oxygen atoms in total. The molecule has 0 spiro atoms. The zero-order chi connectivity index (χ0) is 12.1. The van der Waals surface area contributed by atoms with E-state index in [1.54, 1.807) is 0 Å². The second-order valence-electron chi connectivity index (χ2n) is 3.42. The Balaban J connectivity index is 2.04. The maximum Gasteiger partial charge on any atom is 0.193 e. The molecular formula is C9H12BrN7. The van der Waals surface area contributed by atoms with E-state index in [1.807, 2.05) is 6.07 Å². The van der Waals surface area contributed by atoms with E-state index in [9.17, 15) is 0 Å².